The van der Waals surface area contributed by atoms with E-state index in [1.165, 1.54) is 25.7 Å². The summed E-state index contributed by atoms with van der Waals surface area (Å²) in [6, 6.07) is 0. The Morgan fingerprint density at radius 2 is 2.00 bits per heavy atom. The Labute approximate surface area is 115 Å². The summed E-state index contributed by atoms with van der Waals surface area (Å²) in [5.41, 5.74) is 0. The predicted octanol–water partition coefficient (Wildman–Crippen LogP) is 1.67. The fraction of sp³-hybridized carbons (Fsp3) is 0.769. The van der Waals surface area contributed by atoms with E-state index in [-0.39, 0.29) is 0 Å². The first-order valence-corrected chi connectivity index (χ1v) is 7.00. The summed E-state index contributed by atoms with van der Waals surface area (Å²) in [7, 11) is 1.78. The molecule has 0 unspecified atom stereocenters. The van der Waals surface area contributed by atoms with Gasteiger partial charge < -0.3 is 15.2 Å². The lowest BCUT2D eigenvalue weighted by atomic mass is 10.2. The van der Waals surface area contributed by atoms with Crippen LogP contribution in [0, 0.1) is 6.92 Å². The number of rotatable bonds is 8. The highest BCUT2D eigenvalue weighted by atomic mass is 16.5. The van der Waals surface area contributed by atoms with Gasteiger partial charge in [-0.1, -0.05) is 31.3 Å². The molecule has 0 amide bonds. The van der Waals surface area contributed by atoms with Crippen molar-refractivity contribution in [1.29, 1.82) is 0 Å². The van der Waals surface area contributed by atoms with Gasteiger partial charge in [-0.15, -0.1) is 0 Å². The van der Waals surface area contributed by atoms with Crippen LogP contribution >= 0.6 is 0 Å². The maximum Gasteiger partial charge on any atom is 0.228 e. The van der Waals surface area contributed by atoms with Crippen LogP contribution in [-0.4, -0.2) is 36.2 Å². The average molecular weight is 267 g/mol. The van der Waals surface area contributed by atoms with Gasteiger partial charge in [0.25, 0.3) is 0 Å². The molecule has 1 aromatic heterocycles. The Kier molecular flexibility index (Phi) is 7.62. The van der Waals surface area contributed by atoms with Crippen molar-refractivity contribution in [2.75, 3.05) is 20.1 Å². The van der Waals surface area contributed by atoms with E-state index in [2.05, 4.69) is 32.7 Å². The standard InChI is InChI=1S/C13H25N5O/c1-4-5-6-7-9-15-13(14-3)16-10-8-12-17-11(2)18-19-12/h4-10H2,1-3H3,(H2,14,15,16). The lowest BCUT2D eigenvalue weighted by Gasteiger charge is -2.10. The summed E-state index contributed by atoms with van der Waals surface area (Å²) >= 11 is 0. The maximum atomic E-state index is 5.04. The molecule has 0 aliphatic rings. The summed E-state index contributed by atoms with van der Waals surface area (Å²) in [6.45, 7) is 5.72. The summed E-state index contributed by atoms with van der Waals surface area (Å²) in [5, 5.41) is 10.3. The number of aryl methyl sites for hydroxylation is 1. The van der Waals surface area contributed by atoms with Crippen LogP contribution < -0.4 is 10.6 Å². The van der Waals surface area contributed by atoms with E-state index >= 15 is 0 Å². The minimum absolute atomic E-state index is 0.656. The highest BCUT2D eigenvalue weighted by Gasteiger charge is 2.03. The van der Waals surface area contributed by atoms with Gasteiger partial charge in [-0.3, -0.25) is 4.99 Å². The maximum absolute atomic E-state index is 5.04. The zero-order valence-corrected chi connectivity index (χ0v) is 12.2. The van der Waals surface area contributed by atoms with E-state index in [1.54, 1.807) is 7.05 Å². The molecule has 108 valence electrons. The number of nitrogens with one attached hydrogen (secondary N) is 2. The molecule has 0 atom stereocenters. The second kappa shape index (κ2) is 9.35. The Hall–Kier alpha value is -1.59. The van der Waals surface area contributed by atoms with Crippen LogP contribution in [-0.2, 0) is 6.42 Å². The van der Waals surface area contributed by atoms with Crippen molar-refractivity contribution in [1.82, 2.24) is 20.8 Å². The highest BCUT2D eigenvalue weighted by molar-refractivity contribution is 5.79. The Balaban J connectivity index is 2.11. The van der Waals surface area contributed by atoms with Crippen molar-refractivity contribution < 1.29 is 4.52 Å². The van der Waals surface area contributed by atoms with E-state index < -0.39 is 0 Å². The van der Waals surface area contributed by atoms with E-state index in [1.807, 2.05) is 6.92 Å². The van der Waals surface area contributed by atoms with Crippen LogP contribution in [0.4, 0.5) is 0 Å². The Bertz CT molecular complexity index is 375. The molecular formula is C13H25N5O. The minimum atomic E-state index is 0.656. The van der Waals surface area contributed by atoms with Crippen molar-refractivity contribution in [3.05, 3.63) is 11.7 Å². The number of nitrogens with zero attached hydrogens (tertiary/aromatic N) is 3. The zero-order valence-electron chi connectivity index (χ0n) is 12.2. The van der Waals surface area contributed by atoms with Crippen LogP contribution in [0.5, 0.6) is 0 Å². The number of aromatic nitrogens is 2. The first kappa shape index (κ1) is 15.5. The molecule has 1 rings (SSSR count). The number of hydrogen-bond acceptors (Lipinski definition) is 4. The highest BCUT2D eigenvalue weighted by Crippen LogP contribution is 1.97. The van der Waals surface area contributed by atoms with Gasteiger partial charge in [0.05, 0.1) is 0 Å². The molecule has 1 aromatic rings. The van der Waals surface area contributed by atoms with Gasteiger partial charge >= 0.3 is 0 Å². The lowest BCUT2D eigenvalue weighted by molar-refractivity contribution is 0.374. The molecule has 0 fully saturated rings. The van der Waals surface area contributed by atoms with Crippen LogP contribution in [0.3, 0.4) is 0 Å². The molecule has 0 aliphatic carbocycles. The molecule has 0 saturated carbocycles. The van der Waals surface area contributed by atoms with Crippen LogP contribution in [0.1, 0.15) is 44.3 Å². The molecule has 6 nitrogen and oxygen atoms in total. The molecular weight excluding hydrogens is 242 g/mol. The van der Waals surface area contributed by atoms with E-state index in [4.69, 9.17) is 4.52 Å². The van der Waals surface area contributed by atoms with Gasteiger partial charge in [0.1, 0.15) is 0 Å². The minimum Gasteiger partial charge on any atom is -0.356 e. The summed E-state index contributed by atoms with van der Waals surface area (Å²) in [5.74, 6) is 2.16. The fourth-order valence-electron chi connectivity index (χ4n) is 1.71. The predicted molar refractivity (Wildman–Crippen MR) is 76.2 cm³/mol. The number of aliphatic imine (C=N–C) groups is 1. The molecule has 0 spiro atoms. The largest absolute Gasteiger partial charge is 0.356 e. The topological polar surface area (TPSA) is 75.3 Å². The third kappa shape index (κ3) is 6.79. The smallest absolute Gasteiger partial charge is 0.228 e. The molecule has 0 aromatic carbocycles. The Morgan fingerprint density at radius 1 is 1.21 bits per heavy atom. The summed E-state index contributed by atoms with van der Waals surface area (Å²) in [4.78, 5) is 8.32. The average Bonchev–Trinajstić information content (AvgIpc) is 2.82. The summed E-state index contributed by atoms with van der Waals surface area (Å²) < 4.78 is 5.04. The molecule has 0 aliphatic heterocycles. The van der Waals surface area contributed by atoms with Crippen LogP contribution in [0.15, 0.2) is 9.52 Å². The van der Waals surface area contributed by atoms with Crippen LogP contribution in [0.2, 0.25) is 0 Å². The molecule has 0 saturated heterocycles. The third-order valence-electron chi connectivity index (χ3n) is 2.75. The van der Waals surface area contributed by atoms with Crippen molar-refractivity contribution in [2.24, 2.45) is 4.99 Å². The number of hydrogen-bond donors (Lipinski definition) is 2. The fourth-order valence-corrected chi connectivity index (χ4v) is 1.71. The van der Waals surface area contributed by atoms with Crippen LogP contribution in [0.25, 0.3) is 0 Å². The normalized spacial score (nSPS) is 11.6. The molecule has 1 heterocycles. The molecule has 0 bridgehead atoms. The van der Waals surface area contributed by atoms with Gasteiger partial charge in [-0.05, 0) is 13.3 Å². The molecule has 0 radical (unpaired) electrons. The first-order chi connectivity index (χ1) is 9.26. The molecule has 2 N–H and O–H groups in total. The van der Waals surface area contributed by atoms with E-state index in [9.17, 15) is 0 Å². The van der Waals surface area contributed by atoms with Crippen molar-refractivity contribution >= 4 is 5.96 Å². The van der Waals surface area contributed by atoms with Gasteiger partial charge in [0.15, 0.2) is 11.8 Å². The van der Waals surface area contributed by atoms with E-state index in [0.717, 1.165) is 19.0 Å². The van der Waals surface area contributed by atoms with E-state index in [0.29, 0.717) is 18.1 Å². The van der Waals surface area contributed by atoms with Crippen molar-refractivity contribution in [2.45, 2.75) is 46.0 Å². The number of guanidine groups is 1. The SMILES string of the molecule is CCCCCCNC(=NC)NCCc1nc(C)no1. The van der Waals surface area contributed by atoms with Crippen molar-refractivity contribution in [3.63, 3.8) is 0 Å². The lowest BCUT2D eigenvalue weighted by Crippen LogP contribution is -2.38. The quantitative estimate of drug-likeness (QED) is 0.426. The third-order valence-corrected chi connectivity index (χ3v) is 2.75. The van der Waals surface area contributed by atoms with Crippen molar-refractivity contribution in [3.8, 4) is 0 Å². The Morgan fingerprint density at radius 3 is 2.63 bits per heavy atom. The molecule has 6 heteroatoms. The number of unbranched alkanes of at least 4 members (excludes halogenated alkanes) is 3. The molecule has 19 heavy (non-hydrogen) atoms. The summed E-state index contributed by atoms with van der Waals surface area (Å²) in [6.07, 6.45) is 5.71. The first-order valence-electron chi connectivity index (χ1n) is 7.00. The van der Waals surface area contributed by atoms with Gasteiger partial charge in [0, 0.05) is 26.6 Å². The second-order valence-electron chi connectivity index (χ2n) is 4.47. The monoisotopic (exact) mass is 267 g/mol. The van der Waals surface area contributed by atoms with Gasteiger partial charge in [0.2, 0.25) is 5.89 Å². The van der Waals surface area contributed by atoms with Gasteiger partial charge in [-0.2, -0.15) is 4.98 Å². The zero-order chi connectivity index (χ0) is 13.9. The second-order valence-corrected chi connectivity index (χ2v) is 4.47. The van der Waals surface area contributed by atoms with Gasteiger partial charge in [-0.25, -0.2) is 0 Å².